The zero-order chi connectivity index (χ0) is 82.9. The predicted octanol–water partition coefficient (Wildman–Crippen LogP) is 24.8. The summed E-state index contributed by atoms with van der Waals surface area (Å²) in [6, 6.07) is 14.5. The van der Waals surface area contributed by atoms with Crippen molar-refractivity contribution < 1.29 is 80.4 Å². The number of nitrogens with zero attached hydrogens (tertiary/aromatic N) is 1. The van der Waals surface area contributed by atoms with E-state index in [1.807, 2.05) is 0 Å². The van der Waals surface area contributed by atoms with Gasteiger partial charge in [0.1, 0.15) is 48.1 Å². The normalized spacial score (nSPS) is 17.7. The molecule has 115 heavy (non-hydrogen) atoms. The van der Waals surface area contributed by atoms with Crippen LogP contribution in [-0.2, 0) is 66.3 Å². The molecule has 0 spiro atoms. The number of carbonyl (C=O) groups excluding carboxylic acids is 6. The third-order valence-electron chi connectivity index (χ3n) is 22.7. The number of carbonyl (C=O) groups is 6. The Morgan fingerprint density at radius 1 is 0.435 bits per heavy atom. The lowest BCUT2D eigenvalue weighted by Crippen LogP contribution is -2.66. The van der Waals surface area contributed by atoms with Gasteiger partial charge in [0.15, 0.2) is 12.4 Å². The highest BCUT2D eigenvalue weighted by Crippen LogP contribution is 2.53. The first kappa shape index (κ1) is 102. The van der Waals surface area contributed by atoms with Gasteiger partial charge in [-0.2, -0.15) is 0 Å². The average molecular weight is 1640 g/mol. The first-order chi connectivity index (χ1) is 56.2. The summed E-state index contributed by atoms with van der Waals surface area (Å²) in [5.74, 6) is -2.55. The Morgan fingerprint density at radius 2 is 0.774 bits per heavy atom. The number of likely N-dealkylation sites (tertiary alicyclic amines) is 1. The molecule has 4 rings (SSSR count). The van der Waals surface area contributed by atoms with E-state index in [-0.39, 0.29) is 55.7 Å². The molecule has 0 aliphatic carbocycles. The number of esters is 4. The monoisotopic (exact) mass is 1640 g/mol. The second kappa shape index (κ2) is 67.7. The largest absolute Gasteiger partial charge is 0.588 e. The quantitative estimate of drug-likeness (QED) is 0.0271. The number of aliphatic hydroxyl groups is 1. The molecule has 0 aromatic heterocycles. The number of benzene rings is 2. The molecule has 2 amide bonds. The van der Waals surface area contributed by atoms with Crippen molar-refractivity contribution in [1.29, 1.82) is 0 Å². The topological polar surface area (TPSA) is 238 Å². The summed E-state index contributed by atoms with van der Waals surface area (Å²) in [6.07, 6.45) is 44.4. The maximum atomic E-state index is 15.8. The van der Waals surface area contributed by atoms with Crippen LogP contribution in [0.1, 0.15) is 420 Å². The van der Waals surface area contributed by atoms with Gasteiger partial charge >= 0.3 is 31.7 Å². The van der Waals surface area contributed by atoms with Gasteiger partial charge in [-0.3, -0.25) is 33.3 Å². The molecule has 2 aromatic rings. The van der Waals surface area contributed by atoms with Crippen molar-refractivity contribution in [2.24, 2.45) is 0 Å². The Kier molecular flexibility index (Phi) is 60.2. The Labute approximate surface area is 697 Å². The number of hydrogen-bond acceptors (Lipinski definition) is 17. The van der Waals surface area contributed by atoms with Crippen molar-refractivity contribution in [3.8, 4) is 11.5 Å². The molecule has 0 bridgehead atoms. The number of phosphoric ester groups is 1. The van der Waals surface area contributed by atoms with Crippen molar-refractivity contribution in [2.45, 2.75) is 475 Å². The second-order valence-electron chi connectivity index (χ2n) is 33.2. The van der Waals surface area contributed by atoms with Gasteiger partial charge in [-0.05, 0) is 94.9 Å². The van der Waals surface area contributed by atoms with Crippen LogP contribution in [0.15, 0.2) is 60.7 Å². The summed E-state index contributed by atoms with van der Waals surface area (Å²) in [4.78, 5) is 89.1. The fourth-order valence-electron chi connectivity index (χ4n) is 15.8. The van der Waals surface area contributed by atoms with Crippen molar-refractivity contribution in [3.05, 3.63) is 60.7 Å². The lowest BCUT2D eigenvalue weighted by molar-refractivity contribution is -0.273. The van der Waals surface area contributed by atoms with Crippen molar-refractivity contribution in [3.63, 3.8) is 0 Å². The average Bonchev–Trinajstić information content (AvgIpc) is 0.779. The van der Waals surface area contributed by atoms with Crippen LogP contribution in [-0.4, -0.2) is 120 Å². The number of para-hydroxylation sites is 2. The highest BCUT2D eigenvalue weighted by Gasteiger charge is 2.54. The molecule has 9 atom stereocenters. The van der Waals surface area contributed by atoms with Crippen LogP contribution >= 0.6 is 7.82 Å². The molecule has 2 heterocycles. The van der Waals surface area contributed by atoms with Crippen LogP contribution in [0.25, 0.3) is 0 Å². The molecule has 2 N–H and O–H groups in total. The van der Waals surface area contributed by atoms with Gasteiger partial charge < -0.3 is 52.8 Å². The molecule has 2 aliphatic rings. The minimum Gasteiger partial charge on any atom is -0.462 e. The van der Waals surface area contributed by atoms with E-state index in [9.17, 15) is 24.3 Å². The number of amides is 2. The highest BCUT2D eigenvalue weighted by molar-refractivity contribution is 7.49. The molecule has 20 heteroatoms. The summed E-state index contributed by atoms with van der Waals surface area (Å²) in [5.41, 5.74) is 0. The highest BCUT2D eigenvalue weighted by atomic mass is 31.2. The standard InChI is InChI=1S/C95H163N2O17P/c1-7-13-19-25-31-34-40-43-51-67-82(107-88(101)70-58-46-37-28-22-16-10-4)74-86(99)96-92-94(111-91(104)76-84(69-53-45-42-36-33-27-21-15-9-3)109-90(103)72-60-48-39-30-24-18-12-6)93(114-115(105,112-80-63-54-49-55-64-80)113-81-65-56-50-57-66-81)85(77-98)110-95(92)106-78-79-62-61-73-97(79)87(100)75-83(68-52-44-41-35-32-26-20-14-8-2)108-89(102)71-59-47-38-29-23-17-11-5/h49-50,54-57,63-66,79,82-85,92-95,98H,7-48,51-53,58-62,67-78H2,1-6H3,(H,96,99)/t79-,82+,83+,84+,85+,92+,93+,94+,95+/m0/s1. The first-order valence-electron chi connectivity index (χ1n) is 47.2. The fourth-order valence-corrected chi connectivity index (χ4v) is 17.2. The fraction of sp³-hybridized carbons (Fsp3) is 0.811. The van der Waals surface area contributed by atoms with Gasteiger partial charge in [0, 0.05) is 25.8 Å². The van der Waals surface area contributed by atoms with Crippen LogP contribution in [0, 0.1) is 0 Å². The summed E-state index contributed by atoms with van der Waals surface area (Å²) in [6.45, 7) is 12.7. The van der Waals surface area contributed by atoms with E-state index in [1.165, 1.54) is 116 Å². The number of hydrogen-bond donors (Lipinski definition) is 2. The Bertz CT molecular complexity index is 2750. The zero-order valence-electron chi connectivity index (χ0n) is 73.2. The first-order valence-corrected chi connectivity index (χ1v) is 48.7. The molecule has 2 fully saturated rings. The van der Waals surface area contributed by atoms with Crippen LogP contribution < -0.4 is 14.4 Å². The third kappa shape index (κ3) is 49.3. The smallest absolute Gasteiger partial charge is 0.462 e. The molecule has 2 saturated heterocycles. The van der Waals surface area contributed by atoms with E-state index < -0.39 is 99.7 Å². The van der Waals surface area contributed by atoms with Gasteiger partial charge in [-0.1, -0.05) is 348 Å². The van der Waals surface area contributed by atoms with Crippen LogP contribution in [0.2, 0.25) is 0 Å². The van der Waals surface area contributed by atoms with Gasteiger partial charge in [-0.15, -0.1) is 0 Å². The van der Waals surface area contributed by atoms with E-state index in [4.69, 9.17) is 42.0 Å². The minimum atomic E-state index is -4.97. The summed E-state index contributed by atoms with van der Waals surface area (Å²) < 4.78 is 74.2. The Morgan fingerprint density at radius 3 is 1.14 bits per heavy atom. The molecule has 19 nitrogen and oxygen atoms in total. The van der Waals surface area contributed by atoms with E-state index in [0.717, 1.165) is 167 Å². The number of aliphatic hydroxyl groups excluding tert-OH is 1. The van der Waals surface area contributed by atoms with E-state index in [0.29, 0.717) is 70.8 Å². The molecule has 2 aromatic carbocycles. The van der Waals surface area contributed by atoms with Gasteiger partial charge in [0.05, 0.1) is 38.5 Å². The van der Waals surface area contributed by atoms with E-state index in [2.05, 4.69) is 46.9 Å². The lowest BCUT2D eigenvalue weighted by atomic mass is 9.95. The maximum Gasteiger partial charge on any atom is 0.588 e. The van der Waals surface area contributed by atoms with E-state index >= 15 is 14.2 Å². The summed E-state index contributed by atoms with van der Waals surface area (Å²) >= 11 is 0. The summed E-state index contributed by atoms with van der Waals surface area (Å²) in [7, 11) is -4.97. The third-order valence-corrected chi connectivity index (χ3v) is 24.1. The molecule has 0 unspecified atom stereocenters. The maximum absolute atomic E-state index is 15.8. The van der Waals surface area contributed by atoms with Crippen molar-refractivity contribution >= 4 is 43.5 Å². The number of nitrogens with one attached hydrogen (secondary N) is 1. The van der Waals surface area contributed by atoms with Crippen LogP contribution in [0.5, 0.6) is 11.5 Å². The molecule has 0 radical (unpaired) electrons. The van der Waals surface area contributed by atoms with Crippen molar-refractivity contribution in [1.82, 2.24) is 10.2 Å². The SMILES string of the molecule is CCCCCCCCCCC[C@H](CC(=O)N[C@H]1[C@H](OC[C@@H]2CCCN2C(=O)C[C@@H](CCCCCCCCCCC)OC(=O)CCCCCCCCC)O[C@H](CO)[C@@H](OP(=O)(Oc2ccccc2)Oc2ccccc2)[C@@H]1OC(=O)C[C@@H](CCCCCCCCCCC)OC(=O)CCCCCCCCC)OC(=O)CCCCCCCCC. The molecule has 2 aliphatic heterocycles. The number of phosphoric acid groups is 1. The molecule has 660 valence electrons. The number of rotatable bonds is 75. The molecular weight excluding hydrogens is 1470 g/mol. The number of ether oxygens (including phenoxy) is 6. The Balaban J connectivity index is 1.82. The minimum absolute atomic E-state index is 0.00688. The van der Waals surface area contributed by atoms with E-state index in [1.54, 1.807) is 65.6 Å². The predicted molar refractivity (Wildman–Crippen MR) is 462 cm³/mol. The van der Waals surface area contributed by atoms with Crippen molar-refractivity contribution in [2.75, 3.05) is 19.8 Å². The van der Waals surface area contributed by atoms with Crippen LogP contribution in [0.3, 0.4) is 0 Å². The molecule has 0 saturated carbocycles. The van der Waals surface area contributed by atoms with Crippen LogP contribution in [0.4, 0.5) is 0 Å². The molecular formula is C95H163N2O17P. The summed E-state index contributed by atoms with van der Waals surface area (Å²) in [5, 5.41) is 14.8. The second-order valence-corrected chi connectivity index (χ2v) is 34.7. The lowest BCUT2D eigenvalue weighted by Gasteiger charge is -2.46. The van der Waals surface area contributed by atoms with Gasteiger partial charge in [-0.25, -0.2) is 4.57 Å². The van der Waals surface area contributed by atoms with Gasteiger partial charge in [0.2, 0.25) is 11.8 Å². The number of unbranched alkanes of at least 4 members (excludes halogenated alkanes) is 42. The van der Waals surface area contributed by atoms with Gasteiger partial charge in [0.25, 0.3) is 0 Å². The zero-order valence-corrected chi connectivity index (χ0v) is 74.1. The Hall–Kier alpha value is -5.07.